The number of allylic oxidation sites excluding steroid dienone is 4. The van der Waals surface area contributed by atoms with E-state index in [0.29, 0.717) is 12.8 Å². The maximum Gasteiger partial charge on any atom is 0.303 e. The summed E-state index contributed by atoms with van der Waals surface area (Å²) in [6, 6.07) is 8.44. The van der Waals surface area contributed by atoms with Crippen molar-refractivity contribution in [3.8, 4) is 0 Å². The summed E-state index contributed by atoms with van der Waals surface area (Å²) in [4.78, 5) is 41.2. The van der Waals surface area contributed by atoms with Crippen molar-refractivity contribution < 1.29 is 19.8 Å². The van der Waals surface area contributed by atoms with E-state index in [-0.39, 0.29) is 12.8 Å². The number of H-pyrrole nitrogens is 2. The largest absolute Gasteiger partial charge is 0.481 e. The average molecular weight is 679 g/mol. The minimum Gasteiger partial charge on any atom is -0.481 e. The third-order valence-corrected chi connectivity index (χ3v) is 10.5. The number of hydrogen-bond donors (Lipinski definition) is 4. The molecule has 266 valence electrons. The molecule has 0 saturated heterocycles. The molecule has 0 atom stereocenters. The van der Waals surface area contributed by atoms with Gasteiger partial charge in [-0.1, -0.05) is 52.4 Å². The third-order valence-electron chi connectivity index (χ3n) is 10.5. The number of carboxylic acids is 2. The normalized spacial score (nSPS) is 13.1. The first-order chi connectivity index (χ1) is 24.0. The Kier molecular flexibility index (Phi) is 12.1. The van der Waals surface area contributed by atoms with Gasteiger partial charge in [0.15, 0.2) is 0 Å². The zero-order valence-corrected chi connectivity index (χ0v) is 30.8. The Labute approximate surface area is 296 Å². The number of unbranched alkanes of at least 4 members (excludes halogenated alkanes) is 6. The van der Waals surface area contributed by atoms with Crippen molar-refractivity contribution in [2.24, 2.45) is 0 Å². The molecule has 8 heteroatoms. The first kappa shape index (κ1) is 36.8. The number of carbonyl (C=O) groups is 2. The second-order valence-corrected chi connectivity index (χ2v) is 14.1. The average Bonchev–Trinajstić information content (AvgIpc) is 3.73. The highest BCUT2D eigenvalue weighted by Gasteiger charge is 2.21. The number of aryl methyl sites for hydroxylation is 4. The Bertz CT molecular complexity index is 1850. The molecule has 8 nitrogen and oxygen atoms in total. The van der Waals surface area contributed by atoms with Crippen LogP contribution in [0.5, 0.6) is 0 Å². The van der Waals surface area contributed by atoms with Gasteiger partial charge in [0.25, 0.3) is 0 Å². The molecule has 0 fully saturated rings. The molecule has 2 aliphatic rings. The van der Waals surface area contributed by atoms with Crippen LogP contribution in [0.15, 0.2) is 24.3 Å². The second kappa shape index (κ2) is 16.5. The minimum absolute atomic E-state index is 0.0437. The molecule has 0 unspecified atom stereocenters. The van der Waals surface area contributed by atoms with Crippen molar-refractivity contribution in [1.82, 2.24) is 19.9 Å². The number of aromatic amines is 2. The zero-order chi connectivity index (χ0) is 35.9. The molecular formula is C42H54N4O4. The van der Waals surface area contributed by atoms with Gasteiger partial charge in [0.1, 0.15) is 0 Å². The van der Waals surface area contributed by atoms with Gasteiger partial charge >= 0.3 is 11.9 Å². The Morgan fingerprint density at radius 2 is 0.920 bits per heavy atom. The molecule has 0 aliphatic carbocycles. The van der Waals surface area contributed by atoms with E-state index in [4.69, 9.17) is 9.97 Å². The summed E-state index contributed by atoms with van der Waals surface area (Å²) in [6.45, 7) is 12.8. The molecule has 50 heavy (non-hydrogen) atoms. The van der Waals surface area contributed by atoms with E-state index in [9.17, 15) is 19.8 Å². The number of fused-ring (bicyclic) bond motifs is 8. The van der Waals surface area contributed by atoms with Crippen molar-refractivity contribution >= 4 is 56.3 Å². The van der Waals surface area contributed by atoms with Crippen LogP contribution in [0.2, 0.25) is 0 Å². The number of carboxylic acid groups (broad SMARTS) is 2. The van der Waals surface area contributed by atoms with E-state index in [0.717, 1.165) is 117 Å². The highest BCUT2D eigenvalue weighted by molar-refractivity contribution is 5.95. The van der Waals surface area contributed by atoms with Gasteiger partial charge in [-0.2, -0.15) is 0 Å². The molecule has 0 saturated carbocycles. The molecular weight excluding hydrogens is 624 g/mol. The summed E-state index contributed by atoms with van der Waals surface area (Å²) in [5, 5.41) is 19.3. The van der Waals surface area contributed by atoms with Gasteiger partial charge in [-0.15, -0.1) is 0 Å². The molecule has 2 aliphatic heterocycles. The molecule has 5 rings (SSSR count). The SMILES string of the molecule is CCCCCCC1=C(C)c2cc3[nH]c(cc4nc(cc5[nH]c(cc1n2)c(C)c5CCC(=O)O)C(C)=C4CCCCCC)c(C)c3CCC(=O)O. The molecule has 3 aromatic rings. The zero-order valence-electron chi connectivity index (χ0n) is 30.8. The Morgan fingerprint density at radius 1 is 0.540 bits per heavy atom. The van der Waals surface area contributed by atoms with Gasteiger partial charge in [-0.05, 0) is 135 Å². The van der Waals surface area contributed by atoms with E-state index in [1.807, 2.05) is 0 Å². The van der Waals surface area contributed by atoms with Crippen LogP contribution in [0.4, 0.5) is 0 Å². The smallest absolute Gasteiger partial charge is 0.303 e. The van der Waals surface area contributed by atoms with E-state index < -0.39 is 11.9 Å². The maximum absolute atomic E-state index is 11.7. The molecule has 0 amide bonds. The lowest BCUT2D eigenvalue weighted by Gasteiger charge is -2.05. The Hall–Kier alpha value is -4.46. The Morgan fingerprint density at radius 3 is 1.28 bits per heavy atom. The first-order valence-corrected chi connectivity index (χ1v) is 18.6. The predicted molar refractivity (Wildman–Crippen MR) is 205 cm³/mol. The predicted octanol–water partition coefficient (Wildman–Crippen LogP) is 10.8. The number of aromatic nitrogens is 4. The van der Waals surface area contributed by atoms with Crippen molar-refractivity contribution in [1.29, 1.82) is 0 Å². The highest BCUT2D eigenvalue weighted by atomic mass is 16.4. The summed E-state index contributed by atoms with van der Waals surface area (Å²) >= 11 is 0. The summed E-state index contributed by atoms with van der Waals surface area (Å²) in [5.41, 5.74) is 16.0. The van der Waals surface area contributed by atoms with Crippen LogP contribution in [0.1, 0.15) is 150 Å². The van der Waals surface area contributed by atoms with E-state index in [1.54, 1.807) is 0 Å². The van der Waals surface area contributed by atoms with Crippen molar-refractivity contribution in [3.63, 3.8) is 0 Å². The van der Waals surface area contributed by atoms with Gasteiger partial charge < -0.3 is 20.2 Å². The van der Waals surface area contributed by atoms with Crippen LogP contribution in [0.25, 0.3) is 44.4 Å². The van der Waals surface area contributed by atoms with Gasteiger partial charge in [0.05, 0.1) is 22.8 Å². The number of hydrogen-bond acceptors (Lipinski definition) is 4. The number of aliphatic carboxylic acids is 2. The fourth-order valence-corrected chi connectivity index (χ4v) is 7.41. The third kappa shape index (κ3) is 8.28. The monoisotopic (exact) mass is 678 g/mol. The van der Waals surface area contributed by atoms with Crippen LogP contribution in [0, 0.1) is 13.8 Å². The molecule has 8 bridgehead atoms. The van der Waals surface area contributed by atoms with Crippen LogP contribution in [0.3, 0.4) is 0 Å². The van der Waals surface area contributed by atoms with Gasteiger partial charge in [-0.3, -0.25) is 9.59 Å². The van der Waals surface area contributed by atoms with E-state index in [1.165, 1.54) is 36.8 Å². The van der Waals surface area contributed by atoms with Gasteiger partial charge in [-0.25, -0.2) is 9.97 Å². The maximum atomic E-state index is 11.7. The summed E-state index contributed by atoms with van der Waals surface area (Å²) in [5.74, 6) is -1.64. The highest BCUT2D eigenvalue weighted by Crippen LogP contribution is 2.38. The first-order valence-electron chi connectivity index (χ1n) is 18.6. The topological polar surface area (TPSA) is 132 Å². The second-order valence-electron chi connectivity index (χ2n) is 14.1. The fourth-order valence-electron chi connectivity index (χ4n) is 7.41. The fraction of sp³-hybridized carbons (Fsp3) is 0.476. The number of rotatable bonds is 16. The molecule has 0 spiro atoms. The quantitative estimate of drug-likeness (QED) is 0.111. The van der Waals surface area contributed by atoms with E-state index in [2.05, 4.69) is 75.8 Å². The molecule has 0 radical (unpaired) electrons. The van der Waals surface area contributed by atoms with Crippen molar-refractivity contribution in [2.75, 3.05) is 0 Å². The van der Waals surface area contributed by atoms with Gasteiger partial charge in [0.2, 0.25) is 0 Å². The lowest BCUT2D eigenvalue weighted by Crippen LogP contribution is -1.98. The summed E-state index contributed by atoms with van der Waals surface area (Å²) in [7, 11) is 0. The van der Waals surface area contributed by atoms with Crippen molar-refractivity contribution in [3.05, 3.63) is 69.3 Å². The molecule has 3 aromatic heterocycles. The van der Waals surface area contributed by atoms with Gasteiger partial charge in [0, 0.05) is 34.9 Å². The number of nitrogens with zero attached hydrogens (tertiary/aromatic N) is 2. The van der Waals surface area contributed by atoms with Crippen LogP contribution in [-0.4, -0.2) is 42.1 Å². The molecule has 0 aromatic carbocycles. The number of nitrogens with one attached hydrogen (secondary N) is 2. The standard InChI is InChI=1S/C42H54N4O4/c1-7-9-11-13-15-29-25(3)33-23-39-32(18-20-42(49)50)28(6)36(46-39)22-38-30(16-14-12-10-8-2)26(4)34(44-38)24-40-31(17-19-41(47)48)27(5)35(45-40)21-37(29)43-33/h21-24,45-46H,7-20H2,1-6H3,(H,47,48)(H,49,50). The lowest BCUT2D eigenvalue weighted by molar-refractivity contribution is -0.138. The van der Waals surface area contributed by atoms with E-state index >= 15 is 0 Å². The molecule has 4 N–H and O–H groups in total. The van der Waals surface area contributed by atoms with Crippen LogP contribution in [-0.2, 0) is 22.4 Å². The van der Waals surface area contributed by atoms with Crippen LogP contribution < -0.4 is 0 Å². The minimum atomic E-state index is -0.819. The summed E-state index contributed by atoms with van der Waals surface area (Å²) < 4.78 is 0. The summed E-state index contributed by atoms with van der Waals surface area (Å²) in [6.07, 6.45) is 11.9. The van der Waals surface area contributed by atoms with Crippen molar-refractivity contribution in [2.45, 2.75) is 131 Å². The molecule has 5 heterocycles. The van der Waals surface area contributed by atoms with Crippen LogP contribution >= 0.6 is 0 Å². The lowest BCUT2D eigenvalue weighted by atomic mass is 9.98. The Balaban J connectivity index is 1.84.